The number of rotatable bonds is 6. The molecule has 158 valence electrons. The van der Waals surface area contributed by atoms with Crippen molar-refractivity contribution in [2.45, 2.75) is 45.3 Å². The minimum atomic E-state index is -0.864. The third-order valence-electron chi connectivity index (χ3n) is 5.18. The topological polar surface area (TPSA) is 64.6 Å². The standard InChI is InChI=1S/C25H29NO4/c1-6-16(2)22(23(27)30-25(3,4)5)26-24(28)29-15-21-19-13-9-7-11-17(19)18-12-8-10-14-20(18)21/h6-14,16,21-22H,1,15H2,2-5H3,(H,26,28)/t16-,22+/m1/s1. The fourth-order valence-corrected chi connectivity index (χ4v) is 3.67. The van der Waals surface area contributed by atoms with Crippen LogP contribution < -0.4 is 5.32 Å². The minimum Gasteiger partial charge on any atom is -0.458 e. The highest BCUT2D eigenvalue weighted by atomic mass is 16.6. The van der Waals surface area contributed by atoms with Crippen LogP contribution in [0.5, 0.6) is 0 Å². The van der Waals surface area contributed by atoms with E-state index in [1.54, 1.807) is 33.8 Å². The normalized spacial score (nSPS) is 14.8. The van der Waals surface area contributed by atoms with Gasteiger partial charge in [0.05, 0.1) is 0 Å². The van der Waals surface area contributed by atoms with Crippen molar-refractivity contribution in [2.24, 2.45) is 5.92 Å². The quantitative estimate of drug-likeness (QED) is 0.537. The van der Waals surface area contributed by atoms with Gasteiger partial charge in [0.25, 0.3) is 0 Å². The number of nitrogens with one attached hydrogen (secondary N) is 1. The van der Waals surface area contributed by atoms with Gasteiger partial charge in [0.15, 0.2) is 0 Å². The lowest BCUT2D eigenvalue weighted by molar-refractivity contribution is -0.158. The number of carbonyl (C=O) groups excluding carboxylic acids is 2. The molecule has 2 aromatic carbocycles. The van der Waals surface area contributed by atoms with E-state index in [0.29, 0.717) is 0 Å². The fourth-order valence-electron chi connectivity index (χ4n) is 3.67. The Balaban J connectivity index is 1.70. The van der Waals surface area contributed by atoms with Gasteiger partial charge in [-0.05, 0) is 43.0 Å². The average Bonchev–Trinajstić information content (AvgIpc) is 3.02. The summed E-state index contributed by atoms with van der Waals surface area (Å²) in [6, 6.07) is 15.4. The largest absolute Gasteiger partial charge is 0.458 e. The highest BCUT2D eigenvalue weighted by Crippen LogP contribution is 2.44. The van der Waals surface area contributed by atoms with Crippen LogP contribution in [0, 0.1) is 5.92 Å². The molecule has 5 nitrogen and oxygen atoms in total. The zero-order valence-electron chi connectivity index (χ0n) is 18.0. The van der Waals surface area contributed by atoms with E-state index in [1.165, 1.54) is 0 Å². The maximum atomic E-state index is 12.5. The van der Waals surface area contributed by atoms with E-state index < -0.39 is 23.7 Å². The summed E-state index contributed by atoms with van der Waals surface area (Å²) in [6.45, 7) is 11.1. The van der Waals surface area contributed by atoms with Gasteiger partial charge in [0, 0.05) is 11.8 Å². The number of hydrogen-bond donors (Lipinski definition) is 1. The molecular weight excluding hydrogens is 378 g/mol. The first-order valence-corrected chi connectivity index (χ1v) is 10.2. The Kier molecular flexibility index (Phi) is 6.30. The molecular formula is C25H29NO4. The molecule has 1 aliphatic carbocycles. The second-order valence-electron chi connectivity index (χ2n) is 8.58. The lowest BCUT2D eigenvalue weighted by atomic mass is 9.98. The molecule has 0 saturated carbocycles. The molecule has 0 bridgehead atoms. The third kappa shape index (κ3) is 4.73. The van der Waals surface area contributed by atoms with Crippen molar-refractivity contribution in [3.05, 3.63) is 72.3 Å². The van der Waals surface area contributed by atoms with Crippen LogP contribution in [0.1, 0.15) is 44.7 Å². The lowest BCUT2D eigenvalue weighted by Gasteiger charge is -2.26. The highest BCUT2D eigenvalue weighted by Gasteiger charge is 2.32. The van der Waals surface area contributed by atoms with Crippen molar-refractivity contribution in [1.82, 2.24) is 5.32 Å². The number of ether oxygens (including phenoxy) is 2. The van der Waals surface area contributed by atoms with Gasteiger partial charge in [-0.1, -0.05) is 61.5 Å². The Labute approximate surface area is 178 Å². The monoisotopic (exact) mass is 407 g/mol. The molecule has 0 radical (unpaired) electrons. The Morgan fingerprint density at radius 3 is 2.10 bits per heavy atom. The Hall–Kier alpha value is -3.08. The molecule has 30 heavy (non-hydrogen) atoms. The lowest BCUT2D eigenvalue weighted by Crippen LogP contribution is -2.47. The number of fused-ring (bicyclic) bond motifs is 3. The summed E-state index contributed by atoms with van der Waals surface area (Å²) < 4.78 is 11.0. The second-order valence-corrected chi connectivity index (χ2v) is 8.58. The van der Waals surface area contributed by atoms with Gasteiger partial charge in [-0.25, -0.2) is 9.59 Å². The second kappa shape index (κ2) is 8.74. The van der Waals surface area contributed by atoms with E-state index in [9.17, 15) is 9.59 Å². The first kappa shape index (κ1) is 21.6. The van der Waals surface area contributed by atoms with E-state index >= 15 is 0 Å². The van der Waals surface area contributed by atoms with Crippen LogP contribution in [0.3, 0.4) is 0 Å². The van der Waals surface area contributed by atoms with Gasteiger partial charge in [-0.15, -0.1) is 6.58 Å². The molecule has 0 aliphatic heterocycles. The first-order chi connectivity index (χ1) is 14.2. The van der Waals surface area contributed by atoms with Gasteiger partial charge in [-0.3, -0.25) is 0 Å². The molecule has 1 aliphatic rings. The van der Waals surface area contributed by atoms with Crippen molar-refractivity contribution in [3.8, 4) is 11.1 Å². The molecule has 0 fully saturated rings. The average molecular weight is 408 g/mol. The maximum absolute atomic E-state index is 12.5. The van der Waals surface area contributed by atoms with Gasteiger partial charge in [-0.2, -0.15) is 0 Å². The van der Waals surface area contributed by atoms with Gasteiger partial charge >= 0.3 is 12.1 Å². The summed E-state index contributed by atoms with van der Waals surface area (Å²) in [5.41, 5.74) is 3.94. The molecule has 0 unspecified atom stereocenters. The van der Waals surface area contributed by atoms with Gasteiger partial charge < -0.3 is 14.8 Å². The minimum absolute atomic E-state index is 0.0417. The molecule has 2 atom stereocenters. The van der Waals surface area contributed by atoms with Crippen molar-refractivity contribution >= 4 is 12.1 Å². The zero-order valence-corrected chi connectivity index (χ0v) is 18.0. The number of hydrogen-bond acceptors (Lipinski definition) is 4. The Morgan fingerprint density at radius 1 is 1.07 bits per heavy atom. The van der Waals surface area contributed by atoms with Crippen molar-refractivity contribution < 1.29 is 19.1 Å². The predicted octanol–water partition coefficient (Wildman–Crippen LogP) is 5.06. The highest BCUT2D eigenvalue weighted by molar-refractivity contribution is 5.82. The summed E-state index contributed by atoms with van der Waals surface area (Å²) in [6.07, 6.45) is 0.958. The SMILES string of the molecule is C=C[C@@H](C)[C@H](NC(=O)OCC1c2ccccc2-c2ccccc21)C(=O)OC(C)(C)C. The Morgan fingerprint density at radius 2 is 1.60 bits per heavy atom. The zero-order chi connectivity index (χ0) is 21.9. The Bertz CT molecular complexity index is 899. The van der Waals surface area contributed by atoms with Gasteiger partial charge in [0.1, 0.15) is 18.2 Å². The third-order valence-corrected chi connectivity index (χ3v) is 5.18. The summed E-state index contributed by atoms with van der Waals surface area (Å²) in [5, 5.41) is 2.66. The van der Waals surface area contributed by atoms with E-state index in [4.69, 9.17) is 9.47 Å². The molecule has 1 amide bonds. The maximum Gasteiger partial charge on any atom is 0.407 e. The summed E-state index contributed by atoms with van der Waals surface area (Å²) in [5.74, 6) is -0.858. The number of esters is 1. The summed E-state index contributed by atoms with van der Waals surface area (Å²) in [7, 11) is 0. The van der Waals surface area contributed by atoms with E-state index in [0.717, 1.165) is 22.3 Å². The summed E-state index contributed by atoms with van der Waals surface area (Å²) in [4.78, 5) is 25.1. The van der Waals surface area contributed by atoms with E-state index in [1.807, 2.05) is 24.3 Å². The van der Waals surface area contributed by atoms with Crippen LogP contribution in [-0.2, 0) is 14.3 Å². The molecule has 3 rings (SSSR count). The summed E-state index contributed by atoms with van der Waals surface area (Å²) >= 11 is 0. The fraction of sp³-hybridized carbons (Fsp3) is 0.360. The molecule has 0 heterocycles. The predicted molar refractivity (Wildman–Crippen MR) is 117 cm³/mol. The van der Waals surface area contributed by atoms with Crippen LogP contribution in [0.25, 0.3) is 11.1 Å². The number of amides is 1. The molecule has 1 N–H and O–H groups in total. The van der Waals surface area contributed by atoms with E-state index in [-0.39, 0.29) is 18.4 Å². The van der Waals surface area contributed by atoms with Crippen LogP contribution >= 0.6 is 0 Å². The molecule has 0 aromatic heterocycles. The van der Waals surface area contributed by atoms with E-state index in [2.05, 4.69) is 36.2 Å². The van der Waals surface area contributed by atoms with Crippen LogP contribution in [0.4, 0.5) is 4.79 Å². The van der Waals surface area contributed by atoms with Crippen molar-refractivity contribution in [2.75, 3.05) is 6.61 Å². The molecule has 0 saturated heterocycles. The number of carbonyl (C=O) groups is 2. The first-order valence-electron chi connectivity index (χ1n) is 10.2. The number of alkyl carbamates (subject to hydrolysis) is 1. The smallest absolute Gasteiger partial charge is 0.407 e. The van der Waals surface area contributed by atoms with Crippen LogP contribution in [0.2, 0.25) is 0 Å². The van der Waals surface area contributed by atoms with Crippen LogP contribution in [-0.4, -0.2) is 30.3 Å². The number of benzene rings is 2. The molecule has 0 spiro atoms. The van der Waals surface area contributed by atoms with Crippen LogP contribution in [0.15, 0.2) is 61.2 Å². The van der Waals surface area contributed by atoms with Crippen molar-refractivity contribution in [3.63, 3.8) is 0 Å². The molecule has 5 heteroatoms. The van der Waals surface area contributed by atoms with Gasteiger partial charge in [0.2, 0.25) is 0 Å². The molecule has 2 aromatic rings. The van der Waals surface area contributed by atoms with Crippen molar-refractivity contribution in [1.29, 1.82) is 0 Å².